The largest absolute Gasteiger partial charge is 0.488 e. The molecule has 0 radical (unpaired) electrons. The van der Waals surface area contributed by atoms with Crippen LogP contribution in [0.4, 0.5) is 0 Å². The Bertz CT molecular complexity index is 897. The van der Waals surface area contributed by atoms with Crippen molar-refractivity contribution >= 4 is 40.4 Å². The second-order valence-electron chi connectivity index (χ2n) is 5.69. The minimum absolute atomic E-state index is 0.446. The van der Waals surface area contributed by atoms with Crippen molar-refractivity contribution < 1.29 is 4.74 Å². The van der Waals surface area contributed by atoms with Crippen molar-refractivity contribution in [2.45, 2.75) is 13.2 Å². The SMILES string of the molecule is S=C(NCc1ccccc1Cl)c1ccccc1OCc1ccc(Cl)cc1. The van der Waals surface area contributed by atoms with Gasteiger partial charge in [-0.25, -0.2) is 0 Å². The highest BCUT2D eigenvalue weighted by atomic mass is 35.5. The number of ether oxygens (including phenoxy) is 1. The Morgan fingerprint density at radius 2 is 1.58 bits per heavy atom. The number of para-hydroxylation sites is 1. The molecule has 132 valence electrons. The summed E-state index contributed by atoms with van der Waals surface area (Å²) in [6, 6.07) is 23.0. The van der Waals surface area contributed by atoms with Gasteiger partial charge in [0.1, 0.15) is 17.3 Å². The summed E-state index contributed by atoms with van der Waals surface area (Å²) < 4.78 is 5.96. The van der Waals surface area contributed by atoms with Crippen molar-refractivity contribution in [3.63, 3.8) is 0 Å². The molecule has 0 aliphatic heterocycles. The molecule has 0 spiro atoms. The van der Waals surface area contributed by atoms with Crippen LogP contribution < -0.4 is 10.1 Å². The Labute approximate surface area is 168 Å². The van der Waals surface area contributed by atoms with Crippen LogP contribution in [0.1, 0.15) is 16.7 Å². The van der Waals surface area contributed by atoms with Crippen LogP contribution in [0.2, 0.25) is 10.0 Å². The van der Waals surface area contributed by atoms with Gasteiger partial charge in [0.25, 0.3) is 0 Å². The molecular weight excluding hydrogens is 385 g/mol. The molecule has 0 amide bonds. The van der Waals surface area contributed by atoms with E-state index < -0.39 is 0 Å². The van der Waals surface area contributed by atoms with E-state index in [0.29, 0.717) is 23.2 Å². The molecule has 0 saturated heterocycles. The number of nitrogens with one attached hydrogen (secondary N) is 1. The summed E-state index contributed by atoms with van der Waals surface area (Å²) in [5, 5.41) is 4.68. The van der Waals surface area contributed by atoms with Gasteiger partial charge >= 0.3 is 0 Å². The van der Waals surface area contributed by atoms with Crippen molar-refractivity contribution in [2.75, 3.05) is 0 Å². The van der Waals surface area contributed by atoms with Gasteiger partial charge in [-0.2, -0.15) is 0 Å². The lowest BCUT2D eigenvalue weighted by atomic mass is 10.1. The van der Waals surface area contributed by atoms with Crippen LogP contribution in [0.3, 0.4) is 0 Å². The zero-order valence-corrected chi connectivity index (χ0v) is 16.2. The Kier molecular flexibility index (Phi) is 6.51. The monoisotopic (exact) mass is 401 g/mol. The van der Waals surface area contributed by atoms with E-state index in [1.54, 1.807) is 0 Å². The molecule has 0 saturated carbocycles. The zero-order valence-electron chi connectivity index (χ0n) is 13.9. The Balaban J connectivity index is 1.67. The molecule has 0 aliphatic rings. The molecule has 0 aliphatic carbocycles. The van der Waals surface area contributed by atoms with Crippen LogP contribution in [0.5, 0.6) is 5.75 Å². The lowest BCUT2D eigenvalue weighted by Gasteiger charge is -2.14. The third-order valence-electron chi connectivity index (χ3n) is 3.84. The molecule has 5 heteroatoms. The van der Waals surface area contributed by atoms with Crippen LogP contribution in [0, 0.1) is 0 Å². The summed E-state index contributed by atoms with van der Waals surface area (Å²) in [5.41, 5.74) is 2.89. The lowest BCUT2D eigenvalue weighted by molar-refractivity contribution is 0.305. The Morgan fingerprint density at radius 3 is 2.35 bits per heavy atom. The second-order valence-corrected chi connectivity index (χ2v) is 6.94. The first-order valence-corrected chi connectivity index (χ1v) is 9.28. The summed E-state index contributed by atoms with van der Waals surface area (Å²) >= 11 is 17.7. The van der Waals surface area contributed by atoms with Crippen LogP contribution in [0.15, 0.2) is 72.8 Å². The molecule has 1 N–H and O–H groups in total. The first kappa shape index (κ1) is 18.7. The molecule has 0 unspecified atom stereocenters. The summed E-state index contributed by atoms with van der Waals surface area (Å²) in [4.78, 5) is 0.622. The highest BCUT2D eigenvalue weighted by molar-refractivity contribution is 7.80. The minimum atomic E-state index is 0.446. The van der Waals surface area contributed by atoms with E-state index >= 15 is 0 Å². The fraction of sp³-hybridized carbons (Fsp3) is 0.0952. The third-order valence-corrected chi connectivity index (χ3v) is 4.82. The van der Waals surface area contributed by atoms with E-state index in [1.807, 2.05) is 72.8 Å². The van der Waals surface area contributed by atoms with E-state index in [1.165, 1.54) is 0 Å². The fourth-order valence-corrected chi connectivity index (χ4v) is 3.00. The van der Waals surface area contributed by atoms with Gasteiger partial charge in [0.2, 0.25) is 0 Å². The van der Waals surface area contributed by atoms with Gasteiger partial charge < -0.3 is 10.1 Å². The van der Waals surface area contributed by atoms with Crippen LogP contribution >= 0.6 is 35.4 Å². The third kappa shape index (κ3) is 4.98. The number of thiocarbonyl (C=S) groups is 1. The normalized spacial score (nSPS) is 10.4. The molecule has 3 aromatic rings. The molecule has 0 aromatic heterocycles. The average molecular weight is 402 g/mol. The maximum absolute atomic E-state index is 6.20. The fourth-order valence-electron chi connectivity index (χ4n) is 2.43. The number of hydrogen-bond acceptors (Lipinski definition) is 2. The first-order chi connectivity index (χ1) is 12.6. The van der Waals surface area contributed by atoms with E-state index in [0.717, 1.165) is 27.5 Å². The molecule has 3 rings (SSSR count). The Hall–Kier alpha value is -2.07. The smallest absolute Gasteiger partial charge is 0.129 e. The maximum Gasteiger partial charge on any atom is 0.129 e. The lowest BCUT2D eigenvalue weighted by Crippen LogP contribution is -2.22. The van der Waals surface area contributed by atoms with Gasteiger partial charge in [-0.05, 0) is 41.5 Å². The van der Waals surface area contributed by atoms with E-state index in [9.17, 15) is 0 Å². The topological polar surface area (TPSA) is 21.3 Å². The molecule has 0 fully saturated rings. The number of hydrogen-bond donors (Lipinski definition) is 1. The molecule has 0 heterocycles. The molecule has 3 aromatic carbocycles. The number of halogens is 2. The maximum atomic E-state index is 6.20. The molecule has 26 heavy (non-hydrogen) atoms. The van der Waals surface area contributed by atoms with Crippen LogP contribution in [0.25, 0.3) is 0 Å². The highest BCUT2D eigenvalue weighted by Gasteiger charge is 2.09. The second kappa shape index (κ2) is 9.04. The standard InChI is InChI=1S/C21H17Cl2NOS/c22-17-11-9-15(10-12-17)14-25-20-8-4-2-6-18(20)21(26)24-13-16-5-1-3-7-19(16)23/h1-12H,13-14H2,(H,24,26). The summed E-state index contributed by atoms with van der Waals surface area (Å²) in [5.74, 6) is 0.735. The summed E-state index contributed by atoms with van der Waals surface area (Å²) in [7, 11) is 0. The first-order valence-electron chi connectivity index (χ1n) is 8.11. The Morgan fingerprint density at radius 1 is 0.885 bits per heavy atom. The van der Waals surface area contributed by atoms with E-state index in [2.05, 4.69) is 5.32 Å². The molecule has 0 bridgehead atoms. The van der Waals surface area contributed by atoms with Crippen molar-refractivity contribution in [3.05, 3.63) is 99.5 Å². The van der Waals surface area contributed by atoms with Gasteiger partial charge in [0.05, 0.1) is 5.56 Å². The van der Waals surface area contributed by atoms with Gasteiger partial charge in [0.15, 0.2) is 0 Å². The molecule has 0 atom stereocenters. The van der Waals surface area contributed by atoms with Gasteiger partial charge in [-0.3, -0.25) is 0 Å². The highest BCUT2D eigenvalue weighted by Crippen LogP contribution is 2.21. The van der Waals surface area contributed by atoms with Crippen molar-refractivity contribution in [1.82, 2.24) is 5.32 Å². The molecule has 2 nitrogen and oxygen atoms in total. The van der Waals surface area contributed by atoms with E-state index in [-0.39, 0.29) is 0 Å². The van der Waals surface area contributed by atoms with Crippen LogP contribution in [-0.2, 0) is 13.2 Å². The predicted octanol–water partition coefficient (Wildman–Crippen LogP) is 6.04. The van der Waals surface area contributed by atoms with Crippen molar-refractivity contribution in [2.24, 2.45) is 0 Å². The summed E-state index contributed by atoms with van der Waals surface area (Å²) in [6.07, 6.45) is 0. The van der Waals surface area contributed by atoms with Crippen molar-refractivity contribution in [3.8, 4) is 5.75 Å². The quantitative estimate of drug-likeness (QED) is 0.508. The number of rotatable bonds is 6. The van der Waals surface area contributed by atoms with E-state index in [4.69, 9.17) is 40.2 Å². The number of benzene rings is 3. The van der Waals surface area contributed by atoms with Crippen molar-refractivity contribution in [1.29, 1.82) is 0 Å². The van der Waals surface area contributed by atoms with Gasteiger partial charge in [-0.1, -0.05) is 77.9 Å². The van der Waals surface area contributed by atoms with Gasteiger partial charge in [0, 0.05) is 16.6 Å². The van der Waals surface area contributed by atoms with Crippen LogP contribution in [-0.4, -0.2) is 4.99 Å². The van der Waals surface area contributed by atoms with Gasteiger partial charge in [-0.15, -0.1) is 0 Å². The predicted molar refractivity (Wildman–Crippen MR) is 112 cm³/mol. The zero-order chi connectivity index (χ0) is 18.4. The average Bonchev–Trinajstić information content (AvgIpc) is 2.67. The summed E-state index contributed by atoms with van der Waals surface area (Å²) in [6.45, 7) is 1.01. The molecular formula is C21H17Cl2NOS. The minimum Gasteiger partial charge on any atom is -0.488 e.